The van der Waals surface area contributed by atoms with Crippen molar-refractivity contribution in [2.45, 2.75) is 46.5 Å². The molecular formula is C16H25N5. The van der Waals surface area contributed by atoms with Crippen LogP contribution in [0.3, 0.4) is 0 Å². The Balaban J connectivity index is 2.37. The Morgan fingerprint density at radius 3 is 2.62 bits per heavy atom. The SMILES string of the molecule is CCNc1nc(C2CC2)nc(N(CC)CC(C)C#N)c1C. The van der Waals surface area contributed by atoms with Crippen molar-refractivity contribution in [2.75, 3.05) is 29.9 Å². The number of nitriles is 1. The Labute approximate surface area is 127 Å². The molecule has 1 aromatic heterocycles. The van der Waals surface area contributed by atoms with Crippen molar-refractivity contribution in [2.24, 2.45) is 5.92 Å². The van der Waals surface area contributed by atoms with Crippen molar-refractivity contribution in [3.8, 4) is 6.07 Å². The summed E-state index contributed by atoms with van der Waals surface area (Å²) in [6, 6.07) is 2.31. The Morgan fingerprint density at radius 1 is 1.38 bits per heavy atom. The molecule has 5 nitrogen and oxygen atoms in total. The second-order valence-corrected chi connectivity index (χ2v) is 5.75. The summed E-state index contributed by atoms with van der Waals surface area (Å²) in [6.45, 7) is 10.6. The summed E-state index contributed by atoms with van der Waals surface area (Å²) < 4.78 is 0. The van der Waals surface area contributed by atoms with Gasteiger partial charge in [-0.25, -0.2) is 9.97 Å². The molecular weight excluding hydrogens is 262 g/mol. The van der Waals surface area contributed by atoms with Crippen molar-refractivity contribution in [1.82, 2.24) is 9.97 Å². The van der Waals surface area contributed by atoms with Crippen LogP contribution in [-0.4, -0.2) is 29.6 Å². The van der Waals surface area contributed by atoms with Crippen LogP contribution in [0.25, 0.3) is 0 Å². The lowest BCUT2D eigenvalue weighted by Crippen LogP contribution is -2.30. The van der Waals surface area contributed by atoms with Gasteiger partial charge in [-0.05, 0) is 40.5 Å². The lowest BCUT2D eigenvalue weighted by Gasteiger charge is -2.26. The van der Waals surface area contributed by atoms with E-state index in [2.05, 4.69) is 42.0 Å². The molecule has 1 aliphatic rings. The van der Waals surface area contributed by atoms with Gasteiger partial charge in [0.1, 0.15) is 17.5 Å². The smallest absolute Gasteiger partial charge is 0.137 e. The molecule has 0 bridgehead atoms. The van der Waals surface area contributed by atoms with E-state index in [4.69, 9.17) is 10.2 Å². The van der Waals surface area contributed by atoms with E-state index in [9.17, 15) is 0 Å². The first kappa shape index (κ1) is 15.6. The number of nitrogens with one attached hydrogen (secondary N) is 1. The highest BCUT2D eigenvalue weighted by Crippen LogP contribution is 2.40. The number of hydrogen-bond acceptors (Lipinski definition) is 5. The topological polar surface area (TPSA) is 64.8 Å². The summed E-state index contributed by atoms with van der Waals surface area (Å²) in [4.78, 5) is 11.7. The number of hydrogen-bond donors (Lipinski definition) is 1. The summed E-state index contributed by atoms with van der Waals surface area (Å²) in [5.41, 5.74) is 1.08. The molecule has 0 spiro atoms. The van der Waals surface area contributed by atoms with Crippen LogP contribution in [0.4, 0.5) is 11.6 Å². The van der Waals surface area contributed by atoms with Gasteiger partial charge in [0.05, 0.1) is 12.0 Å². The highest BCUT2D eigenvalue weighted by molar-refractivity contribution is 5.59. The third kappa shape index (κ3) is 3.63. The largest absolute Gasteiger partial charge is 0.370 e. The summed E-state index contributed by atoms with van der Waals surface area (Å²) in [5.74, 6) is 3.38. The van der Waals surface area contributed by atoms with Crippen molar-refractivity contribution >= 4 is 11.6 Å². The van der Waals surface area contributed by atoms with Crippen LogP contribution in [0.15, 0.2) is 0 Å². The molecule has 0 saturated heterocycles. The Bertz CT molecular complexity index is 530. The van der Waals surface area contributed by atoms with Crippen LogP contribution in [0.2, 0.25) is 0 Å². The van der Waals surface area contributed by atoms with Crippen molar-refractivity contribution in [3.63, 3.8) is 0 Å². The second-order valence-electron chi connectivity index (χ2n) is 5.75. The fourth-order valence-corrected chi connectivity index (χ4v) is 2.43. The monoisotopic (exact) mass is 287 g/mol. The van der Waals surface area contributed by atoms with Crippen LogP contribution in [0, 0.1) is 24.2 Å². The maximum atomic E-state index is 9.07. The maximum absolute atomic E-state index is 9.07. The molecule has 0 amide bonds. The van der Waals surface area contributed by atoms with Gasteiger partial charge in [-0.1, -0.05) is 0 Å². The zero-order chi connectivity index (χ0) is 15.4. The van der Waals surface area contributed by atoms with Crippen LogP contribution in [0.5, 0.6) is 0 Å². The third-order valence-corrected chi connectivity index (χ3v) is 3.82. The van der Waals surface area contributed by atoms with E-state index >= 15 is 0 Å². The standard InChI is InChI=1S/C16H25N5/c1-5-18-14-12(4)16(20-15(19-14)13-7-8-13)21(6-2)10-11(3)9-17/h11,13H,5-8,10H2,1-4H3,(H,18,19,20). The van der Waals surface area contributed by atoms with Gasteiger partial charge in [0.15, 0.2) is 0 Å². The molecule has 0 radical (unpaired) electrons. The maximum Gasteiger partial charge on any atom is 0.137 e. The lowest BCUT2D eigenvalue weighted by molar-refractivity contribution is 0.674. The van der Waals surface area contributed by atoms with E-state index in [1.54, 1.807) is 0 Å². The Hall–Kier alpha value is -1.83. The number of rotatable bonds is 7. The number of anilines is 2. The minimum Gasteiger partial charge on any atom is -0.370 e. The van der Waals surface area contributed by atoms with E-state index in [-0.39, 0.29) is 5.92 Å². The minimum atomic E-state index is -0.00808. The van der Waals surface area contributed by atoms with Gasteiger partial charge in [-0.15, -0.1) is 0 Å². The van der Waals surface area contributed by atoms with E-state index in [1.807, 2.05) is 6.92 Å². The van der Waals surface area contributed by atoms with Gasteiger partial charge < -0.3 is 10.2 Å². The summed E-state index contributed by atoms with van der Waals surface area (Å²) in [5, 5.41) is 12.4. The summed E-state index contributed by atoms with van der Waals surface area (Å²) in [7, 11) is 0. The molecule has 1 fully saturated rings. The predicted octanol–water partition coefficient (Wildman–Crippen LogP) is 3.08. The molecule has 1 N–H and O–H groups in total. The Morgan fingerprint density at radius 2 is 2.10 bits per heavy atom. The molecule has 1 aromatic rings. The van der Waals surface area contributed by atoms with E-state index in [0.29, 0.717) is 12.5 Å². The van der Waals surface area contributed by atoms with Gasteiger partial charge in [0.2, 0.25) is 0 Å². The van der Waals surface area contributed by atoms with Gasteiger partial charge >= 0.3 is 0 Å². The highest BCUT2D eigenvalue weighted by atomic mass is 15.2. The van der Waals surface area contributed by atoms with E-state index in [0.717, 1.165) is 36.1 Å². The minimum absolute atomic E-state index is 0.00808. The van der Waals surface area contributed by atoms with Crippen LogP contribution >= 0.6 is 0 Å². The summed E-state index contributed by atoms with van der Waals surface area (Å²) >= 11 is 0. The second kappa shape index (κ2) is 6.75. The fourth-order valence-electron chi connectivity index (χ4n) is 2.43. The van der Waals surface area contributed by atoms with E-state index < -0.39 is 0 Å². The highest BCUT2D eigenvalue weighted by Gasteiger charge is 2.29. The normalized spacial score (nSPS) is 15.4. The van der Waals surface area contributed by atoms with Gasteiger partial charge in [0.25, 0.3) is 0 Å². The average molecular weight is 287 g/mol. The quantitative estimate of drug-likeness (QED) is 0.835. The van der Waals surface area contributed by atoms with Gasteiger partial charge in [-0.3, -0.25) is 0 Å². The molecule has 2 rings (SSSR count). The molecule has 1 saturated carbocycles. The number of nitrogens with zero attached hydrogens (tertiary/aromatic N) is 4. The Kier molecular flexibility index (Phi) is 5.00. The first-order chi connectivity index (χ1) is 10.1. The molecule has 114 valence electrons. The van der Waals surface area contributed by atoms with E-state index in [1.165, 1.54) is 12.8 Å². The fraction of sp³-hybridized carbons (Fsp3) is 0.688. The molecule has 1 aliphatic carbocycles. The molecule has 5 heteroatoms. The van der Waals surface area contributed by atoms with Crippen LogP contribution in [-0.2, 0) is 0 Å². The predicted molar refractivity (Wildman–Crippen MR) is 85.6 cm³/mol. The van der Waals surface area contributed by atoms with Gasteiger partial charge in [0, 0.05) is 31.1 Å². The zero-order valence-corrected chi connectivity index (χ0v) is 13.5. The molecule has 0 aliphatic heterocycles. The number of aromatic nitrogens is 2. The molecule has 1 heterocycles. The molecule has 1 unspecified atom stereocenters. The van der Waals surface area contributed by atoms with Crippen LogP contribution < -0.4 is 10.2 Å². The van der Waals surface area contributed by atoms with Crippen molar-refractivity contribution in [1.29, 1.82) is 5.26 Å². The van der Waals surface area contributed by atoms with Gasteiger partial charge in [-0.2, -0.15) is 5.26 Å². The average Bonchev–Trinajstić information content (AvgIpc) is 3.31. The summed E-state index contributed by atoms with van der Waals surface area (Å²) in [6.07, 6.45) is 2.38. The molecule has 0 aromatic carbocycles. The van der Waals surface area contributed by atoms with Crippen molar-refractivity contribution < 1.29 is 0 Å². The third-order valence-electron chi connectivity index (χ3n) is 3.82. The zero-order valence-electron chi connectivity index (χ0n) is 13.5. The molecule has 1 atom stereocenters. The van der Waals surface area contributed by atoms with Crippen molar-refractivity contribution in [3.05, 3.63) is 11.4 Å². The first-order valence-electron chi connectivity index (χ1n) is 7.87. The first-order valence-corrected chi connectivity index (χ1v) is 7.87. The molecule has 21 heavy (non-hydrogen) atoms. The lowest BCUT2D eigenvalue weighted by atomic mass is 10.1. The van der Waals surface area contributed by atoms with Crippen LogP contribution in [0.1, 0.15) is 50.9 Å².